The smallest absolute Gasteiger partial charge is 0.0895 e. The normalized spacial score (nSPS) is 17.0. The molecule has 1 heterocycles. The Morgan fingerprint density at radius 2 is 2.18 bits per heavy atom. The molecule has 1 aliphatic heterocycles. The topological polar surface area (TPSA) is 24.4 Å². The van der Waals surface area contributed by atoms with E-state index in [0.717, 1.165) is 17.8 Å². The van der Waals surface area contributed by atoms with Gasteiger partial charge in [-0.3, -0.25) is 0 Å². The lowest BCUT2D eigenvalue weighted by molar-refractivity contribution is 0.783. The van der Waals surface area contributed by atoms with E-state index in [1.54, 1.807) is 6.08 Å². The molecule has 0 aromatic carbocycles. The molecule has 0 aliphatic carbocycles. The van der Waals surface area contributed by atoms with Crippen molar-refractivity contribution in [2.75, 3.05) is 6.54 Å². The van der Waals surface area contributed by atoms with Gasteiger partial charge in [0.2, 0.25) is 0 Å². The molecule has 0 fully saturated rings. The van der Waals surface area contributed by atoms with Crippen LogP contribution in [-0.4, -0.2) is 12.3 Å². The highest BCUT2D eigenvalue weighted by atomic mass is 15.3. The van der Waals surface area contributed by atoms with Crippen LogP contribution in [0.2, 0.25) is 0 Å². The second-order valence-electron chi connectivity index (χ2n) is 2.43. The van der Waals surface area contributed by atoms with Crippen LogP contribution in [0, 0.1) is 0 Å². The highest BCUT2D eigenvalue weighted by molar-refractivity contribution is 6.10. The Morgan fingerprint density at radius 3 is 2.64 bits per heavy atom. The number of hydrogen-bond acceptors (Lipinski definition) is 2. The monoisotopic (exact) mass is 148 g/mol. The summed E-state index contributed by atoms with van der Waals surface area (Å²) in [6, 6.07) is 0. The fraction of sp³-hybridized carbons (Fsp3) is 0.222. The molecule has 1 rings (SSSR count). The molecular formula is C9H12N2. The molecule has 58 valence electrons. The van der Waals surface area contributed by atoms with E-state index in [2.05, 4.69) is 30.6 Å². The average Bonchev–Trinajstić information content (AvgIpc) is 2.04. The molecule has 0 aromatic heterocycles. The van der Waals surface area contributed by atoms with Gasteiger partial charge in [-0.05, 0) is 18.6 Å². The van der Waals surface area contributed by atoms with Gasteiger partial charge in [-0.1, -0.05) is 19.2 Å². The van der Waals surface area contributed by atoms with Crippen LogP contribution in [0.1, 0.15) is 6.92 Å². The van der Waals surface area contributed by atoms with Crippen LogP contribution in [0.4, 0.5) is 0 Å². The van der Waals surface area contributed by atoms with E-state index in [9.17, 15) is 0 Å². The second-order valence-corrected chi connectivity index (χ2v) is 2.43. The molecule has 0 spiro atoms. The molecule has 2 nitrogen and oxygen atoms in total. The molecule has 1 N–H and O–H groups in total. The van der Waals surface area contributed by atoms with E-state index in [1.807, 2.05) is 6.08 Å². The Labute approximate surface area is 67.0 Å². The van der Waals surface area contributed by atoms with Gasteiger partial charge in [-0.15, -0.1) is 0 Å². The fourth-order valence-corrected chi connectivity index (χ4v) is 1.05. The van der Waals surface area contributed by atoms with Gasteiger partial charge >= 0.3 is 0 Å². The minimum Gasteiger partial charge on any atom is -0.305 e. The Kier molecular flexibility index (Phi) is 2.26. The van der Waals surface area contributed by atoms with E-state index in [4.69, 9.17) is 0 Å². The molecule has 2 heteroatoms. The van der Waals surface area contributed by atoms with Crippen molar-refractivity contribution < 1.29 is 0 Å². The summed E-state index contributed by atoms with van der Waals surface area (Å²) in [4.78, 5) is 0. The minimum atomic E-state index is 0.804. The number of rotatable bonds is 2. The van der Waals surface area contributed by atoms with Gasteiger partial charge in [-0.2, -0.15) is 5.10 Å². The minimum absolute atomic E-state index is 0.804. The third-order valence-corrected chi connectivity index (χ3v) is 1.68. The quantitative estimate of drug-likeness (QED) is 0.632. The average molecular weight is 148 g/mol. The maximum Gasteiger partial charge on any atom is 0.0895 e. The number of hydrazone groups is 1. The van der Waals surface area contributed by atoms with Crippen LogP contribution in [0.3, 0.4) is 0 Å². The fourth-order valence-electron chi connectivity index (χ4n) is 1.05. The van der Waals surface area contributed by atoms with E-state index in [-0.39, 0.29) is 0 Å². The zero-order chi connectivity index (χ0) is 8.27. The first-order valence-electron chi connectivity index (χ1n) is 3.55. The van der Waals surface area contributed by atoms with Gasteiger partial charge in [0.15, 0.2) is 0 Å². The van der Waals surface area contributed by atoms with Crippen LogP contribution in [0.5, 0.6) is 0 Å². The third kappa shape index (κ3) is 1.40. The first-order chi connectivity index (χ1) is 5.29. The molecule has 0 unspecified atom stereocenters. The number of nitrogens with zero attached hydrogens (tertiary/aromatic N) is 1. The Bertz CT molecular complexity index is 246. The van der Waals surface area contributed by atoms with Crippen molar-refractivity contribution in [2.45, 2.75) is 6.92 Å². The summed E-state index contributed by atoms with van der Waals surface area (Å²) in [5, 5.41) is 4.07. The molecular weight excluding hydrogens is 136 g/mol. The molecule has 1 aliphatic rings. The van der Waals surface area contributed by atoms with E-state index in [0.29, 0.717) is 0 Å². The molecule has 0 aromatic rings. The summed E-state index contributed by atoms with van der Waals surface area (Å²) >= 11 is 0. The second kappa shape index (κ2) is 3.19. The van der Waals surface area contributed by atoms with E-state index < -0.39 is 0 Å². The summed E-state index contributed by atoms with van der Waals surface area (Å²) < 4.78 is 0. The van der Waals surface area contributed by atoms with Crippen molar-refractivity contribution in [3.63, 3.8) is 0 Å². The van der Waals surface area contributed by atoms with Crippen molar-refractivity contribution in [1.29, 1.82) is 0 Å². The Morgan fingerprint density at radius 1 is 1.45 bits per heavy atom. The lowest BCUT2D eigenvalue weighted by Crippen LogP contribution is -2.20. The van der Waals surface area contributed by atoms with Gasteiger partial charge in [0, 0.05) is 5.57 Å². The summed E-state index contributed by atoms with van der Waals surface area (Å²) in [7, 11) is 0. The van der Waals surface area contributed by atoms with Gasteiger partial charge in [0.05, 0.1) is 12.3 Å². The zero-order valence-corrected chi connectivity index (χ0v) is 6.72. The van der Waals surface area contributed by atoms with Crippen molar-refractivity contribution in [3.05, 3.63) is 36.5 Å². The lowest BCUT2D eigenvalue weighted by atomic mass is 10.0. The molecule has 0 saturated carbocycles. The largest absolute Gasteiger partial charge is 0.305 e. The Balaban J connectivity index is 3.04. The summed E-state index contributed by atoms with van der Waals surface area (Å²) in [5.41, 5.74) is 6.14. The summed E-state index contributed by atoms with van der Waals surface area (Å²) in [6.07, 6.45) is 3.54. The maximum atomic E-state index is 4.07. The summed E-state index contributed by atoms with van der Waals surface area (Å²) in [6.45, 7) is 10.2. The van der Waals surface area contributed by atoms with Crippen molar-refractivity contribution >= 4 is 5.71 Å². The van der Waals surface area contributed by atoms with Crippen LogP contribution in [-0.2, 0) is 0 Å². The van der Waals surface area contributed by atoms with E-state index in [1.165, 1.54) is 5.57 Å². The predicted molar refractivity (Wildman–Crippen MR) is 48.5 cm³/mol. The van der Waals surface area contributed by atoms with Crippen molar-refractivity contribution in [2.24, 2.45) is 5.10 Å². The SMILES string of the molecule is C=CC1=NNCC(C)=C1C=C. The first-order valence-corrected chi connectivity index (χ1v) is 3.55. The summed E-state index contributed by atoms with van der Waals surface area (Å²) in [5.74, 6) is 0. The molecule has 0 amide bonds. The lowest BCUT2D eigenvalue weighted by Gasteiger charge is -2.14. The predicted octanol–water partition coefficient (Wildman–Crippen LogP) is 1.63. The zero-order valence-electron chi connectivity index (χ0n) is 6.72. The highest BCUT2D eigenvalue weighted by Crippen LogP contribution is 2.10. The van der Waals surface area contributed by atoms with Crippen LogP contribution >= 0.6 is 0 Å². The van der Waals surface area contributed by atoms with Gasteiger partial charge in [0.25, 0.3) is 0 Å². The van der Waals surface area contributed by atoms with Gasteiger partial charge in [0.1, 0.15) is 0 Å². The van der Waals surface area contributed by atoms with E-state index >= 15 is 0 Å². The number of hydrogen-bond donors (Lipinski definition) is 1. The third-order valence-electron chi connectivity index (χ3n) is 1.68. The van der Waals surface area contributed by atoms with Crippen LogP contribution < -0.4 is 5.43 Å². The maximum absolute atomic E-state index is 4.07. The highest BCUT2D eigenvalue weighted by Gasteiger charge is 2.07. The van der Waals surface area contributed by atoms with Gasteiger partial charge < -0.3 is 5.43 Å². The molecule has 0 saturated heterocycles. The number of allylic oxidation sites excluding steroid dienone is 3. The van der Waals surface area contributed by atoms with Gasteiger partial charge in [-0.25, -0.2) is 0 Å². The molecule has 11 heavy (non-hydrogen) atoms. The molecule has 0 radical (unpaired) electrons. The molecule has 0 bridgehead atoms. The first kappa shape index (κ1) is 7.79. The van der Waals surface area contributed by atoms with Crippen molar-refractivity contribution in [1.82, 2.24) is 5.43 Å². The molecule has 0 atom stereocenters. The Hall–Kier alpha value is -1.31. The van der Waals surface area contributed by atoms with Crippen LogP contribution in [0.15, 0.2) is 41.6 Å². The number of nitrogens with one attached hydrogen (secondary N) is 1. The van der Waals surface area contributed by atoms with Crippen molar-refractivity contribution in [3.8, 4) is 0 Å². The standard InChI is InChI=1S/C9H12N2/c1-4-8-7(3)6-10-11-9(8)5-2/h4-5,10H,1-2,6H2,3H3. The van der Waals surface area contributed by atoms with Crippen LogP contribution in [0.25, 0.3) is 0 Å².